The van der Waals surface area contributed by atoms with Gasteiger partial charge in [-0.15, -0.1) is 0 Å². The van der Waals surface area contributed by atoms with E-state index in [9.17, 15) is 0 Å². The maximum absolute atomic E-state index is 4.23. The standard InChI is InChI=1S/C17H26N4/c1-14-12-17(20(3)4)7-6-16(14)13-18-15(2)8-11-21-10-5-9-19-21/h5-7,9-10,12,15,18H,8,11,13H2,1-4H3/t15-/m0/s1. The number of hydrogen-bond acceptors (Lipinski definition) is 3. The third-order valence-electron chi connectivity index (χ3n) is 3.83. The van der Waals surface area contributed by atoms with Crippen molar-refractivity contribution in [2.75, 3.05) is 19.0 Å². The number of hydrogen-bond donors (Lipinski definition) is 1. The van der Waals surface area contributed by atoms with Crippen molar-refractivity contribution in [3.63, 3.8) is 0 Å². The fourth-order valence-electron chi connectivity index (χ4n) is 2.30. The Morgan fingerprint density at radius 3 is 2.76 bits per heavy atom. The average Bonchev–Trinajstić information content (AvgIpc) is 2.97. The van der Waals surface area contributed by atoms with Gasteiger partial charge in [-0.2, -0.15) is 5.10 Å². The molecule has 0 radical (unpaired) electrons. The van der Waals surface area contributed by atoms with Gasteiger partial charge in [-0.1, -0.05) is 6.07 Å². The minimum absolute atomic E-state index is 0.474. The Morgan fingerprint density at radius 1 is 1.33 bits per heavy atom. The number of benzene rings is 1. The zero-order valence-electron chi connectivity index (χ0n) is 13.5. The Balaban J connectivity index is 1.82. The van der Waals surface area contributed by atoms with Gasteiger partial charge in [0.1, 0.15) is 0 Å². The summed E-state index contributed by atoms with van der Waals surface area (Å²) in [5, 5.41) is 7.83. The molecule has 4 heteroatoms. The number of nitrogens with one attached hydrogen (secondary N) is 1. The van der Waals surface area contributed by atoms with Crippen LogP contribution in [0.1, 0.15) is 24.5 Å². The highest BCUT2D eigenvalue weighted by atomic mass is 15.3. The molecule has 4 nitrogen and oxygen atoms in total. The number of nitrogens with zero attached hydrogens (tertiary/aromatic N) is 3. The molecule has 0 amide bonds. The summed E-state index contributed by atoms with van der Waals surface area (Å²) in [7, 11) is 4.15. The fourth-order valence-corrected chi connectivity index (χ4v) is 2.30. The highest BCUT2D eigenvalue weighted by molar-refractivity contribution is 5.49. The van der Waals surface area contributed by atoms with Gasteiger partial charge in [-0.05, 0) is 49.6 Å². The van der Waals surface area contributed by atoms with Crippen LogP contribution in [0.2, 0.25) is 0 Å². The van der Waals surface area contributed by atoms with E-state index in [1.165, 1.54) is 16.8 Å². The van der Waals surface area contributed by atoms with E-state index in [1.807, 2.05) is 23.1 Å². The second-order valence-corrected chi connectivity index (χ2v) is 5.84. The van der Waals surface area contributed by atoms with Crippen LogP contribution in [0.15, 0.2) is 36.7 Å². The smallest absolute Gasteiger partial charge is 0.0489 e. The lowest BCUT2D eigenvalue weighted by Gasteiger charge is -2.17. The molecular weight excluding hydrogens is 260 g/mol. The molecule has 0 aliphatic carbocycles. The van der Waals surface area contributed by atoms with Crippen LogP contribution in [0.5, 0.6) is 0 Å². The van der Waals surface area contributed by atoms with Crippen LogP contribution in [0.4, 0.5) is 5.69 Å². The third kappa shape index (κ3) is 4.60. The van der Waals surface area contributed by atoms with Crippen LogP contribution in [0, 0.1) is 6.92 Å². The Kier molecular flexibility index (Phi) is 5.39. The van der Waals surface area contributed by atoms with Gasteiger partial charge in [-0.3, -0.25) is 4.68 Å². The summed E-state index contributed by atoms with van der Waals surface area (Å²) < 4.78 is 1.98. The van der Waals surface area contributed by atoms with E-state index in [0.717, 1.165) is 19.5 Å². The molecule has 1 aromatic heterocycles. The molecule has 0 saturated carbocycles. The highest BCUT2D eigenvalue weighted by Gasteiger charge is 2.05. The second-order valence-electron chi connectivity index (χ2n) is 5.84. The van der Waals surface area contributed by atoms with Gasteiger partial charge < -0.3 is 10.2 Å². The van der Waals surface area contributed by atoms with Gasteiger partial charge in [-0.25, -0.2) is 0 Å². The molecule has 2 aromatic rings. The Morgan fingerprint density at radius 2 is 2.14 bits per heavy atom. The monoisotopic (exact) mass is 286 g/mol. The molecule has 0 aliphatic rings. The maximum atomic E-state index is 4.23. The molecule has 114 valence electrons. The normalized spacial score (nSPS) is 12.4. The van der Waals surface area contributed by atoms with Crippen molar-refractivity contribution in [2.45, 2.75) is 39.4 Å². The van der Waals surface area contributed by atoms with Crippen molar-refractivity contribution in [2.24, 2.45) is 0 Å². The van der Waals surface area contributed by atoms with Crippen molar-refractivity contribution in [1.29, 1.82) is 0 Å². The molecule has 1 heterocycles. The highest BCUT2D eigenvalue weighted by Crippen LogP contribution is 2.17. The number of aryl methyl sites for hydroxylation is 2. The van der Waals surface area contributed by atoms with Gasteiger partial charge in [0.15, 0.2) is 0 Å². The van der Waals surface area contributed by atoms with Gasteiger partial charge in [0.05, 0.1) is 0 Å². The molecule has 2 rings (SSSR count). The van der Waals surface area contributed by atoms with E-state index in [2.05, 4.69) is 61.5 Å². The lowest BCUT2D eigenvalue weighted by molar-refractivity contribution is 0.457. The summed E-state index contributed by atoms with van der Waals surface area (Å²) >= 11 is 0. The Hall–Kier alpha value is -1.81. The van der Waals surface area contributed by atoms with Crippen LogP contribution in [-0.2, 0) is 13.1 Å². The van der Waals surface area contributed by atoms with Crippen LogP contribution in [0.25, 0.3) is 0 Å². The lowest BCUT2D eigenvalue weighted by atomic mass is 10.1. The summed E-state index contributed by atoms with van der Waals surface area (Å²) in [6, 6.07) is 9.08. The van der Waals surface area contributed by atoms with Gasteiger partial charge in [0.25, 0.3) is 0 Å². The molecule has 0 spiro atoms. The summed E-state index contributed by atoms with van der Waals surface area (Å²) in [4.78, 5) is 2.14. The summed E-state index contributed by atoms with van der Waals surface area (Å²) in [6.45, 7) is 6.28. The van der Waals surface area contributed by atoms with E-state index < -0.39 is 0 Å². The molecule has 0 bridgehead atoms. The van der Waals surface area contributed by atoms with E-state index in [4.69, 9.17) is 0 Å². The lowest BCUT2D eigenvalue weighted by Crippen LogP contribution is -2.27. The summed E-state index contributed by atoms with van der Waals surface area (Å²) in [5.74, 6) is 0. The van der Waals surface area contributed by atoms with E-state index in [1.54, 1.807) is 0 Å². The van der Waals surface area contributed by atoms with Crippen LogP contribution >= 0.6 is 0 Å². The van der Waals surface area contributed by atoms with Crippen LogP contribution in [-0.4, -0.2) is 29.9 Å². The van der Waals surface area contributed by atoms with Crippen molar-refractivity contribution in [3.8, 4) is 0 Å². The van der Waals surface area contributed by atoms with Gasteiger partial charge in [0.2, 0.25) is 0 Å². The second kappa shape index (κ2) is 7.27. The summed E-state index contributed by atoms with van der Waals surface area (Å²) in [6.07, 6.45) is 4.92. The SMILES string of the molecule is Cc1cc(N(C)C)ccc1CN[C@@H](C)CCn1cccn1. The first-order valence-electron chi connectivity index (χ1n) is 7.54. The predicted molar refractivity (Wildman–Crippen MR) is 88.7 cm³/mol. The maximum Gasteiger partial charge on any atom is 0.0489 e. The molecule has 1 N–H and O–H groups in total. The minimum Gasteiger partial charge on any atom is -0.378 e. The zero-order valence-corrected chi connectivity index (χ0v) is 13.5. The van der Waals surface area contributed by atoms with Gasteiger partial charge >= 0.3 is 0 Å². The number of rotatable bonds is 7. The quantitative estimate of drug-likeness (QED) is 0.849. The van der Waals surface area contributed by atoms with E-state index in [-0.39, 0.29) is 0 Å². The van der Waals surface area contributed by atoms with Crippen molar-refractivity contribution >= 4 is 5.69 Å². The van der Waals surface area contributed by atoms with Crippen molar-refractivity contribution in [3.05, 3.63) is 47.8 Å². The average molecular weight is 286 g/mol. The molecule has 0 fully saturated rings. The molecule has 0 saturated heterocycles. The minimum atomic E-state index is 0.474. The topological polar surface area (TPSA) is 33.1 Å². The van der Waals surface area contributed by atoms with E-state index in [0.29, 0.717) is 6.04 Å². The van der Waals surface area contributed by atoms with E-state index >= 15 is 0 Å². The van der Waals surface area contributed by atoms with Crippen molar-refractivity contribution in [1.82, 2.24) is 15.1 Å². The zero-order chi connectivity index (χ0) is 15.2. The molecular formula is C17H26N4. The molecule has 1 atom stereocenters. The third-order valence-corrected chi connectivity index (χ3v) is 3.83. The molecule has 21 heavy (non-hydrogen) atoms. The number of anilines is 1. The Bertz CT molecular complexity index is 546. The first kappa shape index (κ1) is 15.6. The Labute approximate surface area is 127 Å². The van der Waals surface area contributed by atoms with Crippen molar-refractivity contribution < 1.29 is 0 Å². The molecule has 0 aliphatic heterocycles. The predicted octanol–water partition coefficient (Wildman–Crippen LogP) is 2.83. The fraction of sp³-hybridized carbons (Fsp3) is 0.471. The summed E-state index contributed by atoms with van der Waals surface area (Å²) in [5.41, 5.74) is 3.96. The largest absolute Gasteiger partial charge is 0.378 e. The molecule has 0 unspecified atom stereocenters. The van der Waals surface area contributed by atoms with Crippen LogP contribution in [0.3, 0.4) is 0 Å². The van der Waals surface area contributed by atoms with Gasteiger partial charge in [0, 0.05) is 51.3 Å². The first-order chi connectivity index (χ1) is 10.1. The first-order valence-corrected chi connectivity index (χ1v) is 7.54. The number of aromatic nitrogens is 2. The van der Waals surface area contributed by atoms with Crippen LogP contribution < -0.4 is 10.2 Å². The molecule has 1 aromatic carbocycles.